The molecule has 1 amide bonds. The molecule has 0 aliphatic carbocycles. The predicted molar refractivity (Wildman–Crippen MR) is 122 cm³/mol. The summed E-state index contributed by atoms with van der Waals surface area (Å²) in [7, 11) is 1.39. The van der Waals surface area contributed by atoms with Gasteiger partial charge in [0.05, 0.1) is 12.7 Å². The molecule has 1 aliphatic heterocycles. The third-order valence-corrected chi connectivity index (χ3v) is 5.94. The van der Waals surface area contributed by atoms with Crippen molar-refractivity contribution in [2.75, 3.05) is 20.2 Å². The van der Waals surface area contributed by atoms with Gasteiger partial charge in [-0.25, -0.2) is 9.59 Å². The molecular formula is C23H33BrN2O4. The number of hydrogen-bond acceptors (Lipinski definition) is 5. The third-order valence-electron chi connectivity index (χ3n) is 5.25. The zero-order valence-electron chi connectivity index (χ0n) is 18.8. The average molecular weight is 481 g/mol. The van der Waals surface area contributed by atoms with Crippen LogP contribution in [-0.2, 0) is 14.3 Å². The van der Waals surface area contributed by atoms with E-state index in [1.807, 2.05) is 52.0 Å². The van der Waals surface area contributed by atoms with Gasteiger partial charge in [-0.3, -0.25) is 0 Å². The SMILES string of the molecule is COC(=O)/C(=C(/C)NC(C)C1CCN(C(=O)OC(C)(C)C)CC1)c1ccccc1Br. The number of nitrogens with zero attached hydrogens (tertiary/aromatic N) is 1. The molecule has 1 aromatic rings. The minimum absolute atomic E-state index is 0.146. The molecule has 1 N–H and O–H groups in total. The number of esters is 1. The fourth-order valence-corrected chi connectivity index (χ4v) is 4.15. The molecule has 1 aliphatic rings. The van der Waals surface area contributed by atoms with Crippen LogP contribution in [0.5, 0.6) is 0 Å². The van der Waals surface area contributed by atoms with E-state index in [4.69, 9.17) is 9.47 Å². The second-order valence-electron chi connectivity index (χ2n) is 8.71. The maximum atomic E-state index is 12.5. The van der Waals surface area contributed by atoms with Crippen LogP contribution in [0.15, 0.2) is 34.4 Å². The molecule has 1 saturated heterocycles. The molecule has 166 valence electrons. The van der Waals surface area contributed by atoms with Crippen molar-refractivity contribution in [2.45, 2.75) is 59.1 Å². The first-order valence-electron chi connectivity index (χ1n) is 10.3. The van der Waals surface area contributed by atoms with Gasteiger partial charge in [0, 0.05) is 34.9 Å². The Morgan fingerprint density at radius 1 is 1.20 bits per heavy atom. The molecule has 30 heavy (non-hydrogen) atoms. The predicted octanol–water partition coefficient (Wildman–Crippen LogP) is 4.98. The summed E-state index contributed by atoms with van der Waals surface area (Å²) >= 11 is 3.53. The summed E-state index contributed by atoms with van der Waals surface area (Å²) in [4.78, 5) is 26.6. The molecular weight excluding hydrogens is 448 g/mol. The zero-order chi connectivity index (χ0) is 22.5. The first-order valence-corrected chi connectivity index (χ1v) is 11.1. The zero-order valence-corrected chi connectivity index (χ0v) is 20.3. The number of hydrogen-bond donors (Lipinski definition) is 1. The van der Waals surface area contributed by atoms with Gasteiger partial charge in [-0.1, -0.05) is 34.1 Å². The minimum Gasteiger partial charge on any atom is -0.465 e. The van der Waals surface area contributed by atoms with Crippen LogP contribution >= 0.6 is 15.9 Å². The van der Waals surface area contributed by atoms with Crippen molar-refractivity contribution in [3.05, 3.63) is 40.0 Å². The summed E-state index contributed by atoms with van der Waals surface area (Å²) in [6.07, 6.45) is 1.51. The van der Waals surface area contributed by atoms with Gasteiger partial charge in [0.1, 0.15) is 5.60 Å². The highest BCUT2D eigenvalue weighted by atomic mass is 79.9. The molecule has 1 atom stereocenters. The van der Waals surface area contributed by atoms with Gasteiger partial charge >= 0.3 is 12.1 Å². The summed E-state index contributed by atoms with van der Waals surface area (Å²) in [6.45, 7) is 11.0. The van der Waals surface area contributed by atoms with Crippen LogP contribution in [0.25, 0.3) is 5.57 Å². The van der Waals surface area contributed by atoms with E-state index in [1.54, 1.807) is 4.90 Å². The van der Waals surface area contributed by atoms with Crippen LogP contribution in [0.4, 0.5) is 4.79 Å². The maximum Gasteiger partial charge on any atom is 0.410 e. The average Bonchev–Trinajstić information content (AvgIpc) is 2.68. The van der Waals surface area contributed by atoms with Crippen molar-refractivity contribution in [1.82, 2.24) is 10.2 Å². The van der Waals surface area contributed by atoms with Gasteiger partial charge < -0.3 is 19.7 Å². The number of piperidine rings is 1. The lowest BCUT2D eigenvalue weighted by Gasteiger charge is -2.36. The summed E-state index contributed by atoms with van der Waals surface area (Å²) in [5.41, 5.74) is 1.60. The van der Waals surface area contributed by atoms with E-state index in [-0.39, 0.29) is 18.1 Å². The second kappa shape index (κ2) is 10.3. The van der Waals surface area contributed by atoms with Gasteiger partial charge in [-0.05, 0) is 59.4 Å². The molecule has 0 radical (unpaired) electrons. The number of amides is 1. The molecule has 0 aromatic heterocycles. The number of rotatable bonds is 5. The van der Waals surface area contributed by atoms with E-state index in [9.17, 15) is 9.59 Å². The smallest absolute Gasteiger partial charge is 0.410 e. The minimum atomic E-state index is -0.485. The number of allylic oxidation sites excluding steroid dienone is 1. The number of nitrogens with one attached hydrogen (secondary N) is 1. The largest absolute Gasteiger partial charge is 0.465 e. The molecule has 1 heterocycles. The standard InChI is InChI=1S/C23H33BrN2O4/c1-15(17-11-13-26(14-12-17)22(28)30-23(3,4)5)25-16(2)20(21(27)29-6)18-9-7-8-10-19(18)24/h7-10,15,17,25H,11-14H2,1-6H3/b20-16-. The number of halogens is 1. The highest BCUT2D eigenvalue weighted by molar-refractivity contribution is 9.10. The molecule has 7 heteroatoms. The first-order chi connectivity index (χ1) is 14.0. The van der Waals surface area contributed by atoms with Crippen LogP contribution in [0, 0.1) is 5.92 Å². The number of carbonyl (C=O) groups excluding carboxylic acids is 2. The van der Waals surface area contributed by atoms with E-state index in [0.29, 0.717) is 24.6 Å². The van der Waals surface area contributed by atoms with Crippen LogP contribution in [0.3, 0.4) is 0 Å². The van der Waals surface area contributed by atoms with E-state index in [1.165, 1.54) is 7.11 Å². The van der Waals surface area contributed by atoms with Gasteiger partial charge in [0.25, 0.3) is 0 Å². The molecule has 1 unspecified atom stereocenters. The topological polar surface area (TPSA) is 67.9 Å². The van der Waals surface area contributed by atoms with Gasteiger partial charge in [0.2, 0.25) is 0 Å². The molecule has 0 bridgehead atoms. The Kier molecular flexibility index (Phi) is 8.35. The van der Waals surface area contributed by atoms with Crippen LogP contribution in [0.1, 0.15) is 53.0 Å². The van der Waals surface area contributed by atoms with Crippen LogP contribution in [-0.4, -0.2) is 48.8 Å². The van der Waals surface area contributed by atoms with Crippen molar-refractivity contribution in [3.8, 4) is 0 Å². The van der Waals surface area contributed by atoms with Crippen molar-refractivity contribution < 1.29 is 19.1 Å². The first kappa shape index (κ1) is 24.3. The van der Waals surface area contributed by atoms with Crippen LogP contribution in [0.2, 0.25) is 0 Å². The maximum absolute atomic E-state index is 12.5. The summed E-state index contributed by atoms with van der Waals surface area (Å²) in [5.74, 6) is 0.00981. The number of carbonyl (C=O) groups is 2. The fraction of sp³-hybridized carbons (Fsp3) is 0.565. The van der Waals surface area contributed by atoms with Gasteiger partial charge in [-0.15, -0.1) is 0 Å². The molecule has 0 spiro atoms. The summed E-state index contributed by atoms with van der Waals surface area (Å²) < 4.78 is 11.3. The Hall–Kier alpha value is -2.02. The normalized spacial score (nSPS) is 17.1. The second-order valence-corrected chi connectivity index (χ2v) is 9.56. The molecule has 2 rings (SSSR count). The lowest BCUT2D eigenvalue weighted by molar-refractivity contribution is -0.133. The number of benzene rings is 1. The number of ether oxygens (including phenoxy) is 2. The van der Waals surface area contributed by atoms with Gasteiger partial charge in [-0.2, -0.15) is 0 Å². The molecule has 1 fully saturated rings. The number of methoxy groups -OCH3 is 1. The Balaban J connectivity index is 2.07. The number of likely N-dealkylation sites (tertiary alicyclic amines) is 1. The van der Waals surface area contributed by atoms with E-state index >= 15 is 0 Å². The monoisotopic (exact) mass is 480 g/mol. The molecule has 6 nitrogen and oxygen atoms in total. The Morgan fingerprint density at radius 3 is 2.33 bits per heavy atom. The highest BCUT2D eigenvalue weighted by Crippen LogP contribution is 2.28. The lowest BCUT2D eigenvalue weighted by Crippen LogP contribution is -2.45. The fourth-order valence-electron chi connectivity index (χ4n) is 3.67. The van der Waals surface area contributed by atoms with Crippen LogP contribution < -0.4 is 5.32 Å². The van der Waals surface area contributed by atoms with Crippen molar-refractivity contribution in [3.63, 3.8) is 0 Å². The van der Waals surface area contributed by atoms with Crippen molar-refractivity contribution in [2.24, 2.45) is 5.92 Å². The Morgan fingerprint density at radius 2 is 1.80 bits per heavy atom. The third kappa shape index (κ3) is 6.49. The summed E-state index contributed by atoms with van der Waals surface area (Å²) in [6, 6.07) is 7.75. The van der Waals surface area contributed by atoms with E-state index < -0.39 is 5.60 Å². The van der Waals surface area contributed by atoms with Crippen molar-refractivity contribution >= 4 is 33.6 Å². The van der Waals surface area contributed by atoms with Gasteiger partial charge in [0.15, 0.2) is 0 Å². The van der Waals surface area contributed by atoms with E-state index in [0.717, 1.165) is 28.6 Å². The summed E-state index contributed by atoms with van der Waals surface area (Å²) in [5, 5.41) is 3.50. The van der Waals surface area contributed by atoms with Crippen molar-refractivity contribution in [1.29, 1.82) is 0 Å². The van der Waals surface area contributed by atoms with E-state index in [2.05, 4.69) is 28.2 Å². The molecule has 1 aromatic carbocycles. The lowest BCUT2D eigenvalue weighted by atomic mass is 9.90. The Bertz CT molecular complexity index is 793. The highest BCUT2D eigenvalue weighted by Gasteiger charge is 2.30. The quantitative estimate of drug-likeness (QED) is 0.475. The molecule has 0 saturated carbocycles. The Labute approximate surface area is 188 Å².